The van der Waals surface area contributed by atoms with Crippen molar-refractivity contribution in [2.24, 2.45) is 0 Å². The zero-order chi connectivity index (χ0) is 18.0. The molecule has 1 saturated heterocycles. The van der Waals surface area contributed by atoms with Gasteiger partial charge in [0, 0.05) is 37.9 Å². The number of carbonyl (C=O) groups is 1. The lowest BCUT2D eigenvalue weighted by Gasteiger charge is -2.36. The van der Waals surface area contributed by atoms with Crippen molar-refractivity contribution >= 4 is 40.6 Å². The summed E-state index contributed by atoms with van der Waals surface area (Å²) < 4.78 is 26.4. The minimum absolute atomic E-state index is 0.306. The normalized spacial score (nSPS) is 14.6. The van der Waals surface area contributed by atoms with Crippen molar-refractivity contribution in [3.63, 3.8) is 0 Å². The molecule has 2 amide bonds. The second-order valence-electron chi connectivity index (χ2n) is 5.60. The van der Waals surface area contributed by atoms with Crippen LogP contribution in [0.4, 0.5) is 25.0 Å². The van der Waals surface area contributed by atoms with Crippen LogP contribution in [0.25, 0.3) is 0 Å². The summed E-state index contributed by atoms with van der Waals surface area (Å²) in [4.78, 5) is 15.9. The summed E-state index contributed by atoms with van der Waals surface area (Å²) in [6.45, 7) is 1.89. The van der Waals surface area contributed by atoms with Gasteiger partial charge in [0.2, 0.25) is 0 Å². The number of benzene rings is 2. The number of halogens is 4. The number of amides is 2. The van der Waals surface area contributed by atoms with Gasteiger partial charge in [-0.2, -0.15) is 0 Å². The number of piperazine rings is 1. The molecule has 0 atom stereocenters. The molecule has 2 aromatic carbocycles. The van der Waals surface area contributed by atoms with Crippen molar-refractivity contribution in [2.75, 3.05) is 36.4 Å². The fourth-order valence-electron chi connectivity index (χ4n) is 2.65. The molecule has 8 heteroatoms. The second kappa shape index (κ2) is 7.45. The molecule has 1 aliphatic rings. The molecule has 1 heterocycles. The third kappa shape index (κ3) is 3.96. The van der Waals surface area contributed by atoms with E-state index >= 15 is 0 Å². The molecule has 0 bridgehead atoms. The zero-order valence-electron chi connectivity index (χ0n) is 13.1. The van der Waals surface area contributed by atoms with Crippen molar-refractivity contribution in [3.8, 4) is 0 Å². The summed E-state index contributed by atoms with van der Waals surface area (Å²) in [6.07, 6.45) is 0. The van der Waals surface area contributed by atoms with Crippen LogP contribution in [0.1, 0.15) is 0 Å². The van der Waals surface area contributed by atoms with Crippen LogP contribution in [0, 0.1) is 11.6 Å². The number of nitrogens with zero attached hydrogens (tertiary/aromatic N) is 2. The van der Waals surface area contributed by atoms with E-state index in [-0.39, 0.29) is 6.03 Å². The van der Waals surface area contributed by atoms with E-state index in [0.717, 1.165) is 12.1 Å². The lowest BCUT2D eigenvalue weighted by atomic mass is 10.2. The van der Waals surface area contributed by atoms with Gasteiger partial charge in [0.1, 0.15) is 0 Å². The van der Waals surface area contributed by atoms with Gasteiger partial charge >= 0.3 is 6.03 Å². The van der Waals surface area contributed by atoms with Gasteiger partial charge in [-0.3, -0.25) is 0 Å². The average Bonchev–Trinajstić information content (AvgIpc) is 2.61. The zero-order valence-corrected chi connectivity index (χ0v) is 14.6. The topological polar surface area (TPSA) is 35.6 Å². The molecule has 1 N–H and O–H groups in total. The Morgan fingerprint density at radius 1 is 0.960 bits per heavy atom. The standard InChI is InChI=1S/C17H15Cl2F2N3O/c18-12-2-1-3-13(19)16(12)22-17(25)24-8-6-23(7-9-24)11-4-5-14(20)15(21)10-11/h1-5,10H,6-9H2,(H,22,25). The van der Waals surface area contributed by atoms with Gasteiger partial charge in [0.25, 0.3) is 0 Å². The molecule has 0 spiro atoms. The van der Waals surface area contributed by atoms with Gasteiger partial charge < -0.3 is 15.1 Å². The molecule has 2 aromatic rings. The Bertz CT molecular complexity index is 775. The molecule has 4 nitrogen and oxygen atoms in total. The lowest BCUT2D eigenvalue weighted by Crippen LogP contribution is -2.50. The molecule has 132 valence electrons. The number of nitrogens with one attached hydrogen (secondary N) is 1. The predicted octanol–water partition coefficient (Wildman–Crippen LogP) is 4.63. The number of rotatable bonds is 2. The molecular weight excluding hydrogens is 371 g/mol. The van der Waals surface area contributed by atoms with Crippen molar-refractivity contribution in [1.82, 2.24) is 4.90 Å². The van der Waals surface area contributed by atoms with Crippen LogP contribution >= 0.6 is 23.2 Å². The molecular formula is C17H15Cl2F2N3O. The van der Waals surface area contributed by atoms with E-state index in [9.17, 15) is 13.6 Å². The van der Waals surface area contributed by atoms with Crippen molar-refractivity contribution in [1.29, 1.82) is 0 Å². The van der Waals surface area contributed by atoms with Crippen LogP contribution < -0.4 is 10.2 Å². The number of para-hydroxylation sites is 1. The van der Waals surface area contributed by atoms with Gasteiger partial charge in [-0.25, -0.2) is 13.6 Å². The summed E-state index contributed by atoms with van der Waals surface area (Å²) >= 11 is 12.1. The SMILES string of the molecule is O=C(Nc1c(Cl)cccc1Cl)N1CCN(c2ccc(F)c(F)c2)CC1. The number of hydrogen-bond donors (Lipinski definition) is 1. The fraction of sp³-hybridized carbons (Fsp3) is 0.235. The molecule has 0 aromatic heterocycles. The minimum Gasteiger partial charge on any atom is -0.368 e. The Morgan fingerprint density at radius 3 is 2.20 bits per heavy atom. The third-order valence-electron chi connectivity index (χ3n) is 4.03. The van der Waals surface area contributed by atoms with Crippen molar-refractivity contribution in [3.05, 3.63) is 58.1 Å². The van der Waals surface area contributed by atoms with Crippen LogP contribution in [0.15, 0.2) is 36.4 Å². The Hall–Kier alpha value is -2.05. The molecule has 3 rings (SSSR count). The number of urea groups is 1. The number of hydrogen-bond acceptors (Lipinski definition) is 2. The Labute approximate surface area is 153 Å². The Balaban J connectivity index is 1.62. The quantitative estimate of drug-likeness (QED) is 0.817. The molecule has 1 aliphatic heterocycles. The number of anilines is 2. The fourth-order valence-corrected chi connectivity index (χ4v) is 3.14. The van der Waals surface area contributed by atoms with Crippen LogP contribution in [-0.4, -0.2) is 37.1 Å². The van der Waals surface area contributed by atoms with Crippen molar-refractivity contribution < 1.29 is 13.6 Å². The van der Waals surface area contributed by atoms with E-state index in [1.165, 1.54) is 6.07 Å². The Kier molecular flexibility index (Phi) is 5.30. The molecule has 0 unspecified atom stereocenters. The summed E-state index contributed by atoms with van der Waals surface area (Å²) in [5, 5.41) is 3.44. The van der Waals surface area contributed by atoms with Crippen LogP contribution in [0.3, 0.4) is 0 Å². The van der Waals surface area contributed by atoms with E-state index in [1.54, 1.807) is 23.1 Å². The monoisotopic (exact) mass is 385 g/mol. The molecule has 0 saturated carbocycles. The smallest absolute Gasteiger partial charge is 0.322 e. The highest BCUT2D eigenvalue weighted by molar-refractivity contribution is 6.39. The predicted molar refractivity (Wildman–Crippen MR) is 95.6 cm³/mol. The first-order valence-electron chi connectivity index (χ1n) is 7.65. The maximum Gasteiger partial charge on any atom is 0.322 e. The summed E-state index contributed by atoms with van der Waals surface area (Å²) in [5.41, 5.74) is 0.965. The summed E-state index contributed by atoms with van der Waals surface area (Å²) in [6, 6.07) is 8.46. The first-order valence-corrected chi connectivity index (χ1v) is 8.41. The van der Waals surface area contributed by atoms with Gasteiger partial charge in [-0.05, 0) is 24.3 Å². The van der Waals surface area contributed by atoms with E-state index in [2.05, 4.69) is 5.32 Å². The first kappa shape index (κ1) is 17.8. The van der Waals surface area contributed by atoms with E-state index in [0.29, 0.717) is 47.6 Å². The Morgan fingerprint density at radius 2 is 1.60 bits per heavy atom. The van der Waals surface area contributed by atoms with E-state index < -0.39 is 11.6 Å². The van der Waals surface area contributed by atoms with E-state index in [4.69, 9.17) is 23.2 Å². The maximum absolute atomic E-state index is 13.4. The van der Waals surface area contributed by atoms with Gasteiger partial charge in [0.15, 0.2) is 11.6 Å². The third-order valence-corrected chi connectivity index (χ3v) is 4.66. The largest absolute Gasteiger partial charge is 0.368 e. The highest BCUT2D eigenvalue weighted by Gasteiger charge is 2.23. The van der Waals surface area contributed by atoms with Crippen LogP contribution in [0.5, 0.6) is 0 Å². The molecule has 0 aliphatic carbocycles. The maximum atomic E-state index is 13.4. The van der Waals surface area contributed by atoms with Gasteiger partial charge in [0.05, 0.1) is 15.7 Å². The van der Waals surface area contributed by atoms with Crippen LogP contribution in [0.2, 0.25) is 10.0 Å². The summed E-state index contributed by atoms with van der Waals surface area (Å²) in [7, 11) is 0. The highest BCUT2D eigenvalue weighted by atomic mass is 35.5. The van der Waals surface area contributed by atoms with Crippen LogP contribution in [-0.2, 0) is 0 Å². The average molecular weight is 386 g/mol. The lowest BCUT2D eigenvalue weighted by molar-refractivity contribution is 0.208. The highest BCUT2D eigenvalue weighted by Crippen LogP contribution is 2.30. The molecule has 25 heavy (non-hydrogen) atoms. The first-order chi connectivity index (χ1) is 12.0. The molecule has 0 radical (unpaired) electrons. The van der Waals surface area contributed by atoms with Gasteiger partial charge in [-0.15, -0.1) is 0 Å². The minimum atomic E-state index is -0.883. The second-order valence-corrected chi connectivity index (χ2v) is 6.41. The number of carbonyl (C=O) groups excluding carboxylic acids is 1. The van der Waals surface area contributed by atoms with E-state index in [1.807, 2.05) is 4.90 Å². The summed E-state index contributed by atoms with van der Waals surface area (Å²) in [5.74, 6) is -1.76. The van der Waals surface area contributed by atoms with Gasteiger partial charge in [-0.1, -0.05) is 29.3 Å². The van der Waals surface area contributed by atoms with Crippen molar-refractivity contribution in [2.45, 2.75) is 0 Å². The molecule has 1 fully saturated rings.